The summed E-state index contributed by atoms with van der Waals surface area (Å²) in [5, 5.41) is 11.2. The highest BCUT2D eigenvalue weighted by Crippen LogP contribution is 2.41. The monoisotopic (exact) mass is 791 g/mol. The van der Waals surface area contributed by atoms with Gasteiger partial charge in [0.05, 0.1) is 0 Å². The summed E-state index contributed by atoms with van der Waals surface area (Å²) in [6.07, 6.45) is 0. The minimum absolute atomic E-state index is 0.595. The molecule has 0 atom stereocenters. The highest BCUT2D eigenvalue weighted by Gasteiger charge is 2.19. The van der Waals surface area contributed by atoms with E-state index in [2.05, 4.69) is 170 Å². The molecule has 0 spiro atoms. The second-order valence-corrected chi connectivity index (χ2v) is 15.9. The lowest BCUT2D eigenvalue weighted by atomic mass is 9.93. The third-order valence-corrected chi connectivity index (χ3v) is 12.3. The van der Waals surface area contributed by atoms with Gasteiger partial charge in [0, 0.05) is 38.2 Å². The van der Waals surface area contributed by atoms with Crippen molar-refractivity contribution in [1.82, 2.24) is 15.0 Å². The van der Waals surface area contributed by atoms with Gasteiger partial charge in [0.2, 0.25) is 0 Å². The second-order valence-electron chi connectivity index (χ2n) is 15.9. The van der Waals surface area contributed by atoms with Crippen molar-refractivity contribution in [2.75, 3.05) is 0 Å². The van der Waals surface area contributed by atoms with Gasteiger partial charge in [-0.1, -0.05) is 164 Å². The zero-order valence-electron chi connectivity index (χ0n) is 33.2. The largest absolute Gasteiger partial charge is 0.456 e. The zero-order valence-corrected chi connectivity index (χ0v) is 33.2. The molecule has 0 bridgehead atoms. The molecule has 3 heterocycles. The molecule has 0 saturated carbocycles. The van der Waals surface area contributed by atoms with E-state index >= 15 is 0 Å². The Labute approximate surface area is 355 Å². The summed E-state index contributed by atoms with van der Waals surface area (Å²) in [7, 11) is 0. The van der Waals surface area contributed by atoms with Crippen LogP contribution in [0.2, 0.25) is 0 Å². The van der Waals surface area contributed by atoms with Gasteiger partial charge in [-0.3, -0.25) is 0 Å². The lowest BCUT2D eigenvalue weighted by molar-refractivity contribution is 0.669. The van der Waals surface area contributed by atoms with Gasteiger partial charge in [0.15, 0.2) is 17.5 Å². The molecule has 0 fully saturated rings. The molecule has 0 aliphatic rings. The number of fused-ring (bicyclic) bond motifs is 9. The van der Waals surface area contributed by atoms with Gasteiger partial charge in [0.25, 0.3) is 0 Å². The van der Waals surface area contributed by atoms with Crippen molar-refractivity contribution >= 4 is 76.2 Å². The molecule has 13 aromatic rings. The van der Waals surface area contributed by atoms with Crippen molar-refractivity contribution < 1.29 is 8.83 Å². The van der Waals surface area contributed by atoms with E-state index in [0.717, 1.165) is 98.8 Å². The van der Waals surface area contributed by atoms with Crippen LogP contribution in [-0.4, -0.2) is 15.0 Å². The molecule has 288 valence electrons. The number of nitrogens with zero attached hydrogens (tertiary/aromatic N) is 3. The summed E-state index contributed by atoms with van der Waals surface area (Å²) in [5.41, 5.74) is 10.8. The fraction of sp³-hybridized carbons (Fsp3) is 0. The molecular weight excluding hydrogens is 759 g/mol. The van der Waals surface area contributed by atoms with E-state index in [4.69, 9.17) is 23.8 Å². The van der Waals surface area contributed by atoms with Crippen LogP contribution in [0.1, 0.15) is 0 Å². The van der Waals surface area contributed by atoms with Gasteiger partial charge in [-0.15, -0.1) is 0 Å². The van der Waals surface area contributed by atoms with Crippen LogP contribution in [0.15, 0.2) is 209 Å². The van der Waals surface area contributed by atoms with E-state index in [1.165, 1.54) is 16.3 Å². The van der Waals surface area contributed by atoms with Crippen molar-refractivity contribution in [2.24, 2.45) is 0 Å². The Morgan fingerprint density at radius 1 is 0.258 bits per heavy atom. The quantitative estimate of drug-likeness (QED) is 0.174. The average molecular weight is 792 g/mol. The predicted molar refractivity (Wildman–Crippen MR) is 254 cm³/mol. The minimum Gasteiger partial charge on any atom is -0.456 e. The Bertz CT molecular complexity index is 3930. The van der Waals surface area contributed by atoms with E-state index in [9.17, 15) is 0 Å². The molecule has 10 aromatic carbocycles. The summed E-state index contributed by atoms with van der Waals surface area (Å²) in [6, 6.07) is 69.9. The summed E-state index contributed by atoms with van der Waals surface area (Å²) >= 11 is 0. The van der Waals surface area contributed by atoms with E-state index in [1.54, 1.807) is 0 Å². The maximum atomic E-state index is 6.31. The number of furan rings is 2. The van der Waals surface area contributed by atoms with Gasteiger partial charge in [-0.2, -0.15) is 0 Å². The van der Waals surface area contributed by atoms with Crippen LogP contribution in [0, 0.1) is 0 Å². The summed E-state index contributed by atoms with van der Waals surface area (Å²) in [5.74, 6) is 1.80. The molecule has 0 radical (unpaired) electrons. The topological polar surface area (TPSA) is 65.0 Å². The van der Waals surface area contributed by atoms with Crippen molar-refractivity contribution in [3.05, 3.63) is 200 Å². The number of para-hydroxylation sites is 2. The van der Waals surface area contributed by atoms with E-state index in [-0.39, 0.29) is 0 Å². The van der Waals surface area contributed by atoms with E-state index in [1.807, 2.05) is 30.3 Å². The van der Waals surface area contributed by atoms with Crippen molar-refractivity contribution in [2.45, 2.75) is 0 Å². The molecule has 0 aliphatic carbocycles. The van der Waals surface area contributed by atoms with Gasteiger partial charge < -0.3 is 8.83 Å². The molecule has 3 aromatic heterocycles. The fourth-order valence-corrected chi connectivity index (χ4v) is 9.38. The minimum atomic E-state index is 0.595. The Morgan fingerprint density at radius 3 is 1.66 bits per heavy atom. The summed E-state index contributed by atoms with van der Waals surface area (Å²) < 4.78 is 12.6. The van der Waals surface area contributed by atoms with Crippen molar-refractivity contribution in [3.8, 4) is 56.4 Å². The van der Waals surface area contributed by atoms with Crippen LogP contribution in [0.25, 0.3) is 133 Å². The Morgan fingerprint density at radius 2 is 0.806 bits per heavy atom. The van der Waals surface area contributed by atoms with Gasteiger partial charge >= 0.3 is 0 Å². The fourth-order valence-electron chi connectivity index (χ4n) is 9.38. The highest BCUT2D eigenvalue weighted by molar-refractivity contribution is 6.16. The first kappa shape index (κ1) is 34.5. The Kier molecular flexibility index (Phi) is 7.54. The van der Waals surface area contributed by atoms with Crippen LogP contribution in [0.5, 0.6) is 0 Å². The summed E-state index contributed by atoms with van der Waals surface area (Å²) in [6.45, 7) is 0. The maximum Gasteiger partial charge on any atom is 0.164 e. The van der Waals surface area contributed by atoms with Crippen LogP contribution >= 0.6 is 0 Å². The molecule has 0 unspecified atom stereocenters. The smallest absolute Gasteiger partial charge is 0.164 e. The zero-order chi connectivity index (χ0) is 40.7. The first-order valence-electron chi connectivity index (χ1n) is 20.8. The van der Waals surface area contributed by atoms with Crippen molar-refractivity contribution in [3.63, 3.8) is 0 Å². The number of benzene rings is 10. The lowest BCUT2D eigenvalue weighted by Crippen LogP contribution is -2.01. The third kappa shape index (κ3) is 5.45. The maximum absolute atomic E-state index is 6.31. The number of hydrogen-bond donors (Lipinski definition) is 0. The van der Waals surface area contributed by atoms with Crippen molar-refractivity contribution in [1.29, 1.82) is 0 Å². The molecule has 0 N–H and O–H groups in total. The third-order valence-electron chi connectivity index (χ3n) is 12.3. The normalized spacial score (nSPS) is 11.9. The molecule has 13 rings (SSSR count). The Balaban J connectivity index is 0.992. The van der Waals surface area contributed by atoms with Crippen LogP contribution in [0.4, 0.5) is 0 Å². The van der Waals surface area contributed by atoms with Crippen LogP contribution < -0.4 is 0 Å². The van der Waals surface area contributed by atoms with Crippen LogP contribution in [-0.2, 0) is 0 Å². The summed E-state index contributed by atoms with van der Waals surface area (Å²) in [4.78, 5) is 15.7. The number of hydrogen-bond acceptors (Lipinski definition) is 5. The average Bonchev–Trinajstić information content (AvgIpc) is 3.90. The van der Waals surface area contributed by atoms with E-state index < -0.39 is 0 Å². The van der Waals surface area contributed by atoms with Gasteiger partial charge in [-0.05, 0) is 91.0 Å². The molecule has 0 saturated heterocycles. The molecule has 5 nitrogen and oxygen atoms in total. The number of aromatic nitrogens is 3. The Hall–Kier alpha value is -8.41. The predicted octanol–water partition coefficient (Wildman–Crippen LogP) is 15.5. The molecule has 5 heteroatoms. The molecule has 0 amide bonds. The molecule has 0 aliphatic heterocycles. The molecule has 62 heavy (non-hydrogen) atoms. The van der Waals surface area contributed by atoms with Crippen LogP contribution in [0.3, 0.4) is 0 Å². The highest BCUT2D eigenvalue weighted by atomic mass is 16.3. The first-order chi connectivity index (χ1) is 30.7. The molecular formula is C57H33N3O2. The first-order valence-corrected chi connectivity index (χ1v) is 20.8. The number of rotatable bonds is 5. The van der Waals surface area contributed by atoms with Gasteiger partial charge in [0.1, 0.15) is 22.3 Å². The van der Waals surface area contributed by atoms with E-state index in [0.29, 0.717) is 17.5 Å². The lowest BCUT2D eigenvalue weighted by Gasteiger charge is -2.13. The standard InChI is InChI=1S/C57H33N3O2/c1-2-13-40-34(11-1)12-7-16-41(40)35-25-27-36(28-26-35)55-58-56(38-30-29-37-32-49-45-14-3-5-22-50(45)62-53(49)33-39(37)31-38)60-57(59-55)47-21-9-17-42-43(18-8-19-44(42)47)46-20-10-24-52-54(46)48-15-4-6-23-51(48)61-52/h1-33H. The SMILES string of the molecule is c1ccc2c(-c3ccc(-c4nc(-c5ccc6cc7c(cc6c5)oc5ccccc57)nc(-c5cccc6c(-c7cccc8oc9ccccc9c78)cccc56)n4)cc3)cccc2c1. The second kappa shape index (κ2) is 13.6. The van der Waals surface area contributed by atoms with Gasteiger partial charge in [-0.25, -0.2) is 15.0 Å².